The topological polar surface area (TPSA) is 123 Å². The van der Waals surface area contributed by atoms with Crippen LogP contribution in [0.1, 0.15) is 19.4 Å². The highest BCUT2D eigenvalue weighted by molar-refractivity contribution is 5.89. The first-order valence-corrected chi connectivity index (χ1v) is 7.18. The van der Waals surface area contributed by atoms with Gasteiger partial charge in [-0.1, -0.05) is 44.2 Å². The van der Waals surface area contributed by atoms with Gasteiger partial charge >= 0.3 is 6.09 Å². The summed E-state index contributed by atoms with van der Waals surface area (Å²) in [5.74, 6) is 3.91. The third-order valence-corrected chi connectivity index (χ3v) is 3.01. The molecule has 0 aliphatic carbocycles. The number of carbonyl (C=O) groups is 3. The molecule has 0 aliphatic heterocycles. The molecule has 8 nitrogen and oxygen atoms in total. The van der Waals surface area contributed by atoms with Crippen LogP contribution in [0.25, 0.3) is 0 Å². The molecule has 0 radical (unpaired) electrons. The molecule has 0 aliphatic rings. The number of rotatable bonds is 7. The highest BCUT2D eigenvalue weighted by Crippen LogP contribution is 2.01. The van der Waals surface area contributed by atoms with Gasteiger partial charge in [0.1, 0.15) is 19.2 Å². The summed E-state index contributed by atoms with van der Waals surface area (Å²) in [5.41, 5.74) is 2.83. The van der Waals surface area contributed by atoms with Crippen molar-refractivity contribution >= 4 is 17.9 Å². The number of amides is 3. The van der Waals surface area contributed by atoms with Gasteiger partial charge in [-0.05, 0) is 11.5 Å². The van der Waals surface area contributed by atoms with Crippen molar-refractivity contribution in [3.05, 3.63) is 35.9 Å². The summed E-state index contributed by atoms with van der Waals surface area (Å²) in [7, 11) is 0. The number of nitrogens with two attached hydrogens (primary N) is 1. The molecular weight excluding hydrogens is 300 g/mol. The maximum absolute atomic E-state index is 11.8. The molecule has 126 valence electrons. The minimum Gasteiger partial charge on any atom is -0.445 e. The molecule has 0 saturated carbocycles. The van der Waals surface area contributed by atoms with Crippen molar-refractivity contribution in [2.75, 3.05) is 6.54 Å². The molecule has 0 fully saturated rings. The molecule has 1 atom stereocenters. The van der Waals surface area contributed by atoms with Crippen LogP contribution >= 0.6 is 0 Å². The second-order valence-corrected chi connectivity index (χ2v) is 5.21. The van der Waals surface area contributed by atoms with Crippen molar-refractivity contribution in [1.82, 2.24) is 16.1 Å². The highest BCUT2D eigenvalue weighted by atomic mass is 16.5. The summed E-state index contributed by atoms with van der Waals surface area (Å²) in [6.07, 6.45) is -0.714. The van der Waals surface area contributed by atoms with E-state index in [1.165, 1.54) is 0 Å². The van der Waals surface area contributed by atoms with E-state index < -0.39 is 23.9 Å². The Morgan fingerprint density at radius 2 is 1.83 bits per heavy atom. The summed E-state index contributed by atoms with van der Waals surface area (Å²) in [6.45, 7) is 3.34. The largest absolute Gasteiger partial charge is 0.445 e. The fourth-order valence-electron chi connectivity index (χ4n) is 1.78. The smallest absolute Gasteiger partial charge is 0.407 e. The maximum atomic E-state index is 11.8. The number of hydrogen-bond acceptors (Lipinski definition) is 5. The second kappa shape index (κ2) is 9.42. The van der Waals surface area contributed by atoms with E-state index in [1.54, 1.807) is 13.8 Å². The first-order valence-electron chi connectivity index (χ1n) is 7.18. The Bertz CT molecular complexity index is 534. The van der Waals surface area contributed by atoms with Crippen molar-refractivity contribution in [2.45, 2.75) is 26.5 Å². The van der Waals surface area contributed by atoms with Crippen LogP contribution in [0.3, 0.4) is 0 Å². The molecule has 0 unspecified atom stereocenters. The minimum absolute atomic E-state index is 0.110. The van der Waals surface area contributed by atoms with Gasteiger partial charge in [0.15, 0.2) is 0 Å². The van der Waals surface area contributed by atoms with E-state index in [4.69, 9.17) is 10.6 Å². The van der Waals surface area contributed by atoms with Gasteiger partial charge in [0.2, 0.25) is 5.91 Å². The number of hydrazine groups is 1. The fourth-order valence-corrected chi connectivity index (χ4v) is 1.78. The van der Waals surface area contributed by atoms with E-state index in [2.05, 4.69) is 10.6 Å². The molecule has 1 aromatic rings. The Balaban J connectivity index is 2.34. The first-order chi connectivity index (χ1) is 10.9. The predicted molar refractivity (Wildman–Crippen MR) is 83.7 cm³/mol. The van der Waals surface area contributed by atoms with Crippen molar-refractivity contribution < 1.29 is 19.1 Å². The van der Waals surface area contributed by atoms with Crippen molar-refractivity contribution in [3.8, 4) is 0 Å². The lowest BCUT2D eigenvalue weighted by atomic mass is 10.0. The van der Waals surface area contributed by atoms with E-state index >= 15 is 0 Å². The molecule has 8 heteroatoms. The SMILES string of the molecule is CC(C)[C@@H](NC(=O)CNC(=O)OCc1ccccc1)C(=O)NN. The van der Waals surface area contributed by atoms with Gasteiger partial charge in [0.05, 0.1) is 0 Å². The van der Waals surface area contributed by atoms with Crippen molar-refractivity contribution in [1.29, 1.82) is 0 Å². The van der Waals surface area contributed by atoms with Crippen molar-refractivity contribution in [3.63, 3.8) is 0 Å². The molecule has 0 bridgehead atoms. The van der Waals surface area contributed by atoms with Gasteiger partial charge in [-0.25, -0.2) is 10.6 Å². The molecule has 23 heavy (non-hydrogen) atoms. The Morgan fingerprint density at radius 3 is 2.39 bits per heavy atom. The quantitative estimate of drug-likeness (QED) is 0.321. The van der Waals surface area contributed by atoms with Crippen LogP contribution in [0, 0.1) is 5.92 Å². The molecular formula is C15H22N4O4. The van der Waals surface area contributed by atoms with E-state index in [0.29, 0.717) is 0 Å². The van der Waals surface area contributed by atoms with Gasteiger partial charge in [-0.3, -0.25) is 15.0 Å². The molecule has 0 heterocycles. The van der Waals surface area contributed by atoms with E-state index in [0.717, 1.165) is 5.56 Å². The second-order valence-electron chi connectivity index (χ2n) is 5.21. The Labute approximate surface area is 134 Å². The molecule has 0 spiro atoms. The van der Waals surface area contributed by atoms with Crippen LogP contribution < -0.4 is 21.9 Å². The lowest BCUT2D eigenvalue weighted by Crippen LogP contribution is -2.53. The van der Waals surface area contributed by atoms with Gasteiger partial charge in [-0.15, -0.1) is 0 Å². The van der Waals surface area contributed by atoms with Crippen LogP contribution in [0.2, 0.25) is 0 Å². The summed E-state index contributed by atoms with van der Waals surface area (Å²) in [6, 6.07) is 8.39. The lowest BCUT2D eigenvalue weighted by Gasteiger charge is -2.20. The third kappa shape index (κ3) is 6.79. The molecule has 1 rings (SSSR count). The maximum Gasteiger partial charge on any atom is 0.407 e. The number of ether oxygens (including phenoxy) is 1. The number of hydrogen-bond donors (Lipinski definition) is 4. The average Bonchev–Trinajstić information content (AvgIpc) is 2.55. The highest BCUT2D eigenvalue weighted by Gasteiger charge is 2.23. The van der Waals surface area contributed by atoms with Crippen LogP contribution in [0.15, 0.2) is 30.3 Å². The molecule has 5 N–H and O–H groups in total. The average molecular weight is 322 g/mol. The number of alkyl carbamates (subject to hydrolysis) is 1. The normalized spacial score (nSPS) is 11.5. The zero-order chi connectivity index (χ0) is 17.2. The zero-order valence-corrected chi connectivity index (χ0v) is 13.2. The molecule has 1 aromatic carbocycles. The van der Waals surface area contributed by atoms with E-state index in [9.17, 15) is 14.4 Å². The molecule has 0 saturated heterocycles. The van der Waals surface area contributed by atoms with Crippen LogP contribution in [0.4, 0.5) is 4.79 Å². The fraction of sp³-hybridized carbons (Fsp3) is 0.400. The summed E-state index contributed by atoms with van der Waals surface area (Å²) < 4.78 is 4.97. The van der Waals surface area contributed by atoms with Gasteiger partial charge < -0.3 is 15.4 Å². The third-order valence-electron chi connectivity index (χ3n) is 3.01. The summed E-state index contributed by atoms with van der Waals surface area (Å²) in [5, 5.41) is 4.81. The lowest BCUT2D eigenvalue weighted by molar-refractivity contribution is -0.129. The van der Waals surface area contributed by atoms with Crippen LogP contribution in [0.5, 0.6) is 0 Å². The number of carbonyl (C=O) groups excluding carboxylic acids is 3. The Hall–Kier alpha value is -2.61. The number of benzene rings is 1. The first kappa shape index (κ1) is 18.4. The summed E-state index contributed by atoms with van der Waals surface area (Å²) in [4.78, 5) is 34.8. The van der Waals surface area contributed by atoms with Crippen molar-refractivity contribution in [2.24, 2.45) is 11.8 Å². The van der Waals surface area contributed by atoms with E-state index in [-0.39, 0.29) is 19.1 Å². The molecule has 0 aromatic heterocycles. The summed E-state index contributed by atoms with van der Waals surface area (Å²) >= 11 is 0. The van der Waals surface area contributed by atoms with Crippen LogP contribution in [-0.4, -0.2) is 30.5 Å². The minimum atomic E-state index is -0.769. The van der Waals surface area contributed by atoms with Gasteiger partial charge in [-0.2, -0.15) is 0 Å². The van der Waals surface area contributed by atoms with Gasteiger partial charge in [0, 0.05) is 0 Å². The van der Waals surface area contributed by atoms with E-state index in [1.807, 2.05) is 35.8 Å². The van der Waals surface area contributed by atoms with Crippen LogP contribution in [-0.2, 0) is 20.9 Å². The van der Waals surface area contributed by atoms with Gasteiger partial charge in [0.25, 0.3) is 5.91 Å². The Kier molecular flexibility index (Phi) is 7.55. The Morgan fingerprint density at radius 1 is 1.17 bits per heavy atom. The predicted octanol–water partition coefficient (Wildman–Crippen LogP) is 0.0435. The number of nitrogens with one attached hydrogen (secondary N) is 3. The monoisotopic (exact) mass is 322 g/mol. The standard InChI is InChI=1S/C15H22N4O4/c1-10(2)13(14(21)19-16)18-12(20)8-17-15(22)23-9-11-6-4-3-5-7-11/h3-7,10,13H,8-9,16H2,1-2H3,(H,17,22)(H,18,20)(H,19,21)/t13-/m1/s1. The zero-order valence-electron chi connectivity index (χ0n) is 13.2. The molecule has 3 amide bonds.